The molecule has 4 rings (SSSR count). The maximum absolute atomic E-state index is 13.7. The van der Waals surface area contributed by atoms with E-state index in [0.717, 1.165) is 36.1 Å². The van der Waals surface area contributed by atoms with Gasteiger partial charge >= 0.3 is 0 Å². The third kappa shape index (κ3) is 3.87. The molecule has 0 N–H and O–H groups in total. The van der Waals surface area contributed by atoms with Crippen molar-refractivity contribution in [3.05, 3.63) is 47.5 Å². The van der Waals surface area contributed by atoms with Gasteiger partial charge in [-0.3, -0.25) is 9.69 Å². The Morgan fingerprint density at radius 2 is 2.07 bits per heavy atom. The Hall–Kier alpha value is -2.64. The SMILES string of the molecule is CCc1cccc2sc(N(CC3CCCO3)C(=O)c3cccc(OC)c3OC)nc12. The van der Waals surface area contributed by atoms with Crippen LogP contribution in [0.5, 0.6) is 11.5 Å². The fraction of sp³-hybridized carbons (Fsp3) is 0.391. The fourth-order valence-corrected chi connectivity index (χ4v) is 4.86. The number of anilines is 1. The molecule has 7 heteroatoms. The molecule has 1 atom stereocenters. The Balaban J connectivity index is 1.78. The highest BCUT2D eigenvalue weighted by Gasteiger charge is 2.29. The number of aryl methyl sites for hydroxylation is 1. The summed E-state index contributed by atoms with van der Waals surface area (Å²) >= 11 is 1.53. The molecule has 2 heterocycles. The van der Waals surface area contributed by atoms with Crippen LogP contribution in [0.2, 0.25) is 0 Å². The van der Waals surface area contributed by atoms with Crippen molar-refractivity contribution >= 4 is 32.6 Å². The van der Waals surface area contributed by atoms with E-state index in [2.05, 4.69) is 19.1 Å². The van der Waals surface area contributed by atoms with Gasteiger partial charge in [-0.15, -0.1) is 0 Å². The van der Waals surface area contributed by atoms with Crippen LogP contribution in [-0.4, -0.2) is 44.4 Å². The second-order valence-corrected chi connectivity index (χ2v) is 8.21. The van der Waals surface area contributed by atoms with Gasteiger partial charge < -0.3 is 14.2 Å². The van der Waals surface area contributed by atoms with Crippen LogP contribution >= 0.6 is 11.3 Å². The number of aromatic nitrogens is 1. The summed E-state index contributed by atoms with van der Waals surface area (Å²) in [5.41, 5.74) is 2.59. The zero-order valence-electron chi connectivity index (χ0n) is 17.5. The summed E-state index contributed by atoms with van der Waals surface area (Å²) in [6, 6.07) is 11.5. The topological polar surface area (TPSA) is 60.9 Å². The highest BCUT2D eigenvalue weighted by molar-refractivity contribution is 7.22. The summed E-state index contributed by atoms with van der Waals surface area (Å²) in [6.45, 7) is 3.31. The third-order valence-electron chi connectivity index (χ3n) is 5.39. The number of methoxy groups -OCH3 is 2. The Morgan fingerprint density at radius 1 is 1.23 bits per heavy atom. The highest BCUT2D eigenvalue weighted by Crippen LogP contribution is 2.36. The van der Waals surface area contributed by atoms with Crippen molar-refractivity contribution in [2.45, 2.75) is 32.3 Å². The molecule has 6 nitrogen and oxygen atoms in total. The van der Waals surface area contributed by atoms with E-state index >= 15 is 0 Å². The first kappa shape index (κ1) is 20.6. The van der Waals surface area contributed by atoms with Gasteiger partial charge in [-0.2, -0.15) is 0 Å². The molecule has 1 unspecified atom stereocenters. The molecule has 1 saturated heterocycles. The number of hydrogen-bond donors (Lipinski definition) is 0. The van der Waals surface area contributed by atoms with Gasteiger partial charge in [0.15, 0.2) is 16.6 Å². The standard InChI is InChI=1S/C23H26N2O4S/c1-4-15-8-5-12-19-20(15)24-23(30-19)25(14-16-9-7-13-29-16)22(26)17-10-6-11-18(27-2)21(17)28-3/h5-6,8,10-12,16H,4,7,9,13-14H2,1-3H3. The number of hydrogen-bond acceptors (Lipinski definition) is 6. The van der Waals surface area contributed by atoms with Crippen LogP contribution in [0.3, 0.4) is 0 Å². The second kappa shape index (κ2) is 9.02. The lowest BCUT2D eigenvalue weighted by Crippen LogP contribution is -2.37. The first-order valence-electron chi connectivity index (χ1n) is 10.2. The van der Waals surface area contributed by atoms with Crippen LogP contribution in [0.1, 0.15) is 35.7 Å². The first-order valence-corrected chi connectivity index (χ1v) is 11.0. The molecule has 3 aromatic rings. The van der Waals surface area contributed by atoms with E-state index in [4.69, 9.17) is 19.2 Å². The summed E-state index contributed by atoms with van der Waals surface area (Å²) in [5.74, 6) is 0.786. The van der Waals surface area contributed by atoms with Gasteiger partial charge in [-0.1, -0.05) is 36.5 Å². The van der Waals surface area contributed by atoms with Crippen LogP contribution in [0, 0.1) is 0 Å². The van der Waals surface area contributed by atoms with Crippen LogP contribution in [0.15, 0.2) is 36.4 Å². The van der Waals surface area contributed by atoms with E-state index in [-0.39, 0.29) is 12.0 Å². The predicted molar refractivity (Wildman–Crippen MR) is 119 cm³/mol. The van der Waals surface area contributed by atoms with Crippen LogP contribution < -0.4 is 14.4 Å². The molecule has 2 aromatic carbocycles. The average Bonchev–Trinajstić information content (AvgIpc) is 3.45. The molecule has 30 heavy (non-hydrogen) atoms. The number of ether oxygens (including phenoxy) is 3. The largest absolute Gasteiger partial charge is 0.493 e. The van der Waals surface area contributed by atoms with Crippen LogP contribution in [-0.2, 0) is 11.2 Å². The van der Waals surface area contributed by atoms with Gasteiger partial charge in [0.25, 0.3) is 5.91 Å². The number of amides is 1. The van der Waals surface area contributed by atoms with Crippen molar-refractivity contribution in [2.24, 2.45) is 0 Å². The van der Waals surface area contributed by atoms with Crippen LogP contribution in [0.4, 0.5) is 5.13 Å². The van der Waals surface area contributed by atoms with Gasteiger partial charge in [-0.05, 0) is 43.0 Å². The van der Waals surface area contributed by atoms with Crippen LogP contribution in [0.25, 0.3) is 10.2 Å². The van der Waals surface area contributed by atoms with Gasteiger partial charge in [0.1, 0.15) is 0 Å². The Morgan fingerprint density at radius 3 is 2.77 bits per heavy atom. The van der Waals surface area contributed by atoms with Crippen molar-refractivity contribution in [3.8, 4) is 11.5 Å². The van der Waals surface area contributed by atoms with Crippen molar-refractivity contribution in [3.63, 3.8) is 0 Å². The van der Waals surface area contributed by atoms with E-state index in [0.29, 0.717) is 28.7 Å². The molecule has 158 valence electrons. The molecule has 0 saturated carbocycles. The molecular weight excluding hydrogens is 400 g/mol. The number of carbonyl (C=O) groups excluding carboxylic acids is 1. The number of nitrogens with zero attached hydrogens (tertiary/aromatic N) is 2. The van der Waals surface area contributed by atoms with Gasteiger partial charge in [-0.25, -0.2) is 4.98 Å². The normalized spacial score (nSPS) is 16.0. The number of thiazole rings is 1. The van der Waals surface area contributed by atoms with E-state index in [1.54, 1.807) is 37.3 Å². The Labute approximate surface area is 180 Å². The maximum atomic E-state index is 13.7. The lowest BCUT2D eigenvalue weighted by atomic mass is 10.1. The highest BCUT2D eigenvalue weighted by atomic mass is 32.1. The first-order chi connectivity index (χ1) is 14.7. The van der Waals surface area contributed by atoms with Crippen molar-refractivity contribution in [1.82, 2.24) is 4.98 Å². The summed E-state index contributed by atoms with van der Waals surface area (Å²) in [6.07, 6.45) is 2.84. The minimum Gasteiger partial charge on any atom is -0.493 e. The second-order valence-electron chi connectivity index (χ2n) is 7.21. The molecule has 0 spiro atoms. The van der Waals surface area contributed by atoms with E-state index < -0.39 is 0 Å². The number of carbonyl (C=O) groups is 1. The minimum atomic E-state index is -0.168. The molecule has 1 aliphatic rings. The zero-order chi connectivity index (χ0) is 21.1. The summed E-state index contributed by atoms with van der Waals surface area (Å²) < 4.78 is 17.8. The monoisotopic (exact) mass is 426 g/mol. The molecule has 0 bridgehead atoms. The van der Waals surface area contributed by atoms with Gasteiger partial charge in [0.05, 0.1) is 42.6 Å². The molecule has 1 aromatic heterocycles. The quantitative estimate of drug-likeness (QED) is 0.548. The van der Waals surface area contributed by atoms with E-state index in [9.17, 15) is 4.79 Å². The van der Waals surface area contributed by atoms with Crippen molar-refractivity contribution < 1.29 is 19.0 Å². The van der Waals surface area contributed by atoms with E-state index in [1.807, 2.05) is 6.07 Å². The maximum Gasteiger partial charge on any atom is 0.264 e. The summed E-state index contributed by atoms with van der Waals surface area (Å²) in [4.78, 5) is 20.3. The average molecular weight is 427 g/mol. The lowest BCUT2D eigenvalue weighted by molar-refractivity contribution is 0.0914. The predicted octanol–water partition coefficient (Wildman–Crippen LogP) is 4.70. The molecule has 1 amide bonds. The summed E-state index contributed by atoms with van der Waals surface area (Å²) in [7, 11) is 3.11. The minimum absolute atomic E-state index is 0.00297. The summed E-state index contributed by atoms with van der Waals surface area (Å²) in [5, 5.41) is 0.677. The van der Waals surface area contributed by atoms with Crippen molar-refractivity contribution in [2.75, 3.05) is 32.3 Å². The molecule has 1 aliphatic heterocycles. The van der Waals surface area contributed by atoms with Gasteiger partial charge in [0.2, 0.25) is 0 Å². The molecule has 1 fully saturated rings. The molecular formula is C23H26N2O4S. The smallest absolute Gasteiger partial charge is 0.264 e. The van der Waals surface area contributed by atoms with Crippen molar-refractivity contribution in [1.29, 1.82) is 0 Å². The van der Waals surface area contributed by atoms with E-state index in [1.165, 1.54) is 16.9 Å². The number of para-hydroxylation sites is 2. The zero-order valence-corrected chi connectivity index (χ0v) is 18.3. The number of fused-ring (bicyclic) bond motifs is 1. The lowest BCUT2D eigenvalue weighted by Gasteiger charge is -2.24. The molecule has 0 radical (unpaired) electrons. The fourth-order valence-electron chi connectivity index (χ4n) is 3.84. The number of rotatable bonds is 7. The Bertz CT molecular complexity index is 1040. The third-order valence-corrected chi connectivity index (χ3v) is 6.44. The molecule has 0 aliphatic carbocycles. The van der Waals surface area contributed by atoms with Gasteiger partial charge in [0, 0.05) is 6.61 Å². The Kier molecular flexibility index (Phi) is 6.20. The number of benzene rings is 2.